The summed E-state index contributed by atoms with van der Waals surface area (Å²) < 4.78 is 29.2. The summed E-state index contributed by atoms with van der Waals surface area (Å²) in [5.74, 6) is 0.398. The fourth-order valence-corrected chi connectivity index (χ4v) is 3.52. The largest absolute Gasteiger partial charge is 0.495 e. The third kappa shape index (κ3) is 3.66. The molecule has 7 heteroatoms. The van der Waals surface area contributed by atoms with Gasteiger partial charge in [-0.2, -0.15) is 0 Å². The lowest BCUT2D eigenvalue weighted by Gasteiger charge is -2.27. The number of carbonyl (C=O) groups excluding carboxylic acids is 1. The van der Waals surface area contributed by atoms with Crippen LogP contribution in [0.3, 0.4) is 0 Å². The Kier molecular flexibility index (Phi) is 4.87. The summed E-state index contributed by atoms with van der Waals surface area (Å²) in [7, 11) is -1.98. The number of benzene rings is 1. The molecule has 0 aromatic heterocycles. The first-order chi connectivity index (χ1) is 10.3. The fourth-order valence-electron chi connectivity index (χ4n) is 2.44. The standard InChI is InChI=1S/C15H20N2O4S/c1-10-9-14(18)17-16-12(10)8-7-11-5-4-6-13(21-2)15(11)22(3,19)20/h4-8,10,12,16H,9H2,1-3H3,(H,17,18)/b8-7+. The van der Waals surface area contributed by atoms with Gasteiger partial charge < -0.3 is 4.74 Å². The maximum absolute atomic E-state index is 12.0. The number of rotatable bonds is 4. The van der Waals surface area contributed by atoms with Gasteiger partial charge in [0.25, 0.3) is 0 Å². The third-order valence-corrected chi connectivity index (χ3v) is 4.76. The van der Waals surface area contributed by atoms with E-state index in [0.717, 1.165) is 6.26 Å². The topological polar surface area (TPSA) is 84.5 Å². The van der Waals surface area contributed by atoms with Crippen LogP contribution in [-0.4, -0.2) is 33.7 Å². The lowest BCUT2D eigenvalue weighted by Crippen LogP contribution is -2.52. The number of sulfone groups is 1. The van der Waals surface area contributed by atoms with Crippen LogP contribution >= 0.6 is 0 Å². The van der Waals surface area contributed by atoms with E-state index in [0.29, 0.717) is 17.7 Å². The van der Waals surface area contributed by atoms with Crippen molar-refractivity contribution in [1.82, 2.24) is 10.9 Å². The van der Waals surface area contributed by atoms with Crippen LogP contribution in [0.2, 0.25) is 0 Å². The van der Waals surface area contributed by atoms with Gasteiger partial charge in [-0.3, -0.25) is 10.2 Å². The normalized spacial score (nSPS) is 22.6. The molecule has 22 heavy (non-hydrogen) atoms. The molecule has 1 aliphatic rings. The monoisotopic (exact) mass is 324 g/mol. The van der Waals surface area contributed by atoms with Gasteiger partial charge in [0.1, 0.15) is 10.6 Å². The zero-order chi connectivity index (χ0) is 16.3. The number of methoxy groups -OCH3 is 1. The van der Waals surface area contributed by atoms with E-state index in [1.807, 2.05) is 13.0 Å². The molecule has 1 aromatic carbocycles. The van der Waals surface area contributed by atoms with Crippen molar-refractivity contribution in [3.05, 3.63) is 29.8 Å². The van der Waals surface area contributed by atoms with Crippen LogP contribution in [-0.2, 0) is 14.6 Å². The average Bonchev–Trinajstić information content (AvgIpc) is 2.44. The molecule has 1 fully saturated rings. The second-order valence-electron chi connectivity index (χ2n) is 5.41. The molecule has 6 nitrogen and oxygen atoms in total. The molecule has 0 radical (unpaired) electrons. The van der Waals surface area contributed by atoms with Crippen molar-refractivity contribution in [2.45, 2.75) is 24.3 Å². The molecule has 0 saturated carbocycles. The number of nitrogens with one attached hydrogen (secondary N) is 2. The molecular weight excluding hydrogens is 304 g/mol. The van der Waals surface area contributed by atoms with Gasteiger partial charge in [-0.15, -0.1) is 0 Å². The van der Waals surface area contributed by atoms with Gasteiger partial charge >= 0.3 is 0 Å². The van der Waals surface area contributed by atoms with Crippen molar-refractivity contribution in [3.63, 3.8) is 0 Å². The number of hydrogen-bond acceptors (Lipinski definition) is 5. The molecule has 1 saturated heterocycles. The van der Waals surface area contributed by atoms with Gasteiger partial charge in [-0.25, -0.2) is 13.8 Å². The predicted molar refractivity (Wildman–Crippen MR) is 84.0 cm³/mol. The molecule has 1 heterocycles. The Balaban J connectivity index is 2.34. The second kappa shape index (κ2) is 6.50. The van der Waals surface area contributed by atoms with Crippen molar-refractivity contribution >= 4 is 21.8 Å². The summed E-state index contributed by atoms with van der Waals surface area (Å²) >= 11 is 0. The Labute approximate surface area is 130 Å². The minimum Gasteiger partial charge on any atom is -0.495 e. The minimum absolute atomic E-state index is 0.0460. The first-order valence-electron chi connectivity index (χ1n) is 6.92. The highest BCUT2D eigenvalue weighted by Gasteiger charge is 2.23. The van der Waals surface area contributed by atoms with Crippen LogP contribution in [0.4, 0.5) is 0 Å². The summed E-state index contributed by atoms with van der Waals surface area (Å²) in [6, 6.07) is 5.03. The SMILES string of the molecule is COc1cccc(/C=C/C2NNC(=O)CC2C)c1S(C)(=O)=O. The molecule has 2 N–H and O–H groups in total. The van der Waals surface area contributed by atoms with E-state index >= 15 is 0 Å². The van der Waals surface area contributed by atoms with E-state index in [4.69, 9.17) is 4.74 Å². The van der Waals surface area contributed by atoms with Crippen LogP contribution in [0, 0.1) is 5.92 Å². The van der Waals surface area contributed by atoms with Crippen molar-refractivity contribution in [2.75, 3.05) is 13.4 Å². The summed E-state index contributed by atoms with van der Waals surface area (Å²) in [6.45, 7) is 1.96. The Bertz CT molecular complexity index is 697. The van der Waals surface area contributed by atoms with E-state index in [1.54, 1.807) is 24.3 Å². The van der Waals surface area contributed by atoms with Gasteiger partial charge in [-0.05, 0) is 17.5 Å². The summed E-state index contributed by atoms with van der Waals surface area (Å²) in [4.78, 5) is 11.4. The molecule has 2 unspecified atom stereocenters. The number of amides is 1. The van der Waals surface area contributed by atoms with Crippen molar-refractivity contribution in [2.24, 2.45) is 5.92 Å². The van der Waals surface area contributed by atoms with Gasteiger partial charge in [0.2, 0.25) is 5.91 Å². The summed E-state index contributed by atoms with van der Waals surface area (Å²) in [5.41, 5.74) is 6.05. The predicted octanol–water partition coefficient (Wildman–Crippen LogP) is 1.14. The molecule has 0 bridgehead atoms. The van der Waals surface area contributed by atoms with Crippen LogP contribution in [0.1, 0.15) is 18.9 Å². The molecule has 120 valence electrons. The van der Waals surface area contributed by atoms with Gasteiger partial charge in [0, 0.05) is 18.7 Å². The smallest absolute Gasteiger partial charge is 0.234 e. The Morgan fingerprint density at radius 1 is 1.36 bits per heavy atom. The molecular formula is C15H20N2O4S. The molecule has 1 aliphatic heterocycles. The highest BCUT2D eigenvalue weighted by Crippen LogP contribution is 2.28. The number of carbonyl (C=O) groups is 1. The summed E-state index contributed by atoms with van der Waals surface area (Å²) in [5, 5.41) is 0. The van der Waals surface area contributed by atoms with Gasteiger partial charge in [-0.1, -0.05) is 31.2 Å². The van der Waals surface area contributed by atoms with Crippen LogP contribution in [0.15, 0.2) is 29.2 Å². The maximum atomic E-state index is 12.0. The van der Waals surface area contributed by atoms with E-state index in [-0.39, 0.29) is 22.8 Å². The van der Waals surface area contributed by atoms with Crippen molar-refractivity contribution < 1.29 is 17.9 Å². The quantitative estimate of drug-likeness (QED) is 0.868. The lowest BCUT2D eigenvalue weighted by molar-refractivity contribution is -0.125. The zero-order valence-corrected chi connectivity index (χ0v) is 13.6. The van der Waals surface area contributed by atoms with Crippen LogP contribution in [0.5, 0.6) is 5.75 Å². The molecule has 1 aromatic rings. The van der Waals surface area contributed by atoms with Gasteiger partial charge in [0.15, 0.2) is 9.84 Å². The fraction of sp³-hybridized carbons (Fsp3) is 0.400. The molecule has 0 spiro atoms. The molecule has 1 amide bonds. The first-order valence-corrected chi connectivity index (χ1v) is 8.81. The minimum atomic E-state index is -3.42. The number of hydrogen-bond donors (Lipinski definition) is 2. The average molecular weight is 324 g/mol. The zero-order valence-electron chi connectivity index (χ0n) is 12.8. The van der Waals surface area contributed by atoms with Crippen LogP contribution in [0.25, 0.3) is 6.08 Å². The number of ether oxygens (including phenoxy) is 1. The highest BCUT2D eigenvalue weighted by atomic mass is 32.2. The second-order valence-corrected chi connectivity index (χ2v) is 7.36. The Morgan fingerprint density at radius 3 is 2.68 bits per heavy atom. The van der Waals surface area contributed by atoms with E-state index in [1.165, 1.54) is 7.11 Å². The molecule has 0 aliphatic carbocycles. The van der Waals surface area contributed by atoms with Crippen LogP contribution < -0.4 is 15.6 Å². The highest BCUT2D eigenvalue weighted by molar-refractivity contribution is 7.90. The van der Waals surface area contributed by atoms with Crippen molar-refractivity contribution in [3.8, 4) is 5.75 Å². The van der Waals surface area contributed by atoms with Crippen molar-refractivity contribution in [1.29, 1.82) is 0 Å². The third-order valence-electron chi connectivity index (χ3n) is 3.58. The van der Waals surface area contributed by atoms with E-state index in [9.17, 15) is 13.2 Å². The first kappa shape index (κ1) is 16.5. The summed E-state index contributed by atoms with van der Waals surface area (Å²) in [6.07, 6.45) is 5.18. The Hall–Kier alpha value is -1.86. The molecule has 2 atom stereocenters. The van der Waals surface area contributed by atoms with E-state index in [2.05, 4.69) is 10.9 Å². The lowest BCUT2D eigenvalue weighted by atomic mass is 9.96. The van der Waals surface area contributed by atoms with E-state index < -0.39 is 9.84 Å². The molecule has 2 rings (SSSR count). The number of hydrazine groups is 1. The maximum Gasteiger partial charge on any atom is 0.234 e. The van der Waals surface area contributed by atoms with Gasteiger partial charge in [0.05, 0.1) is 7.11 Å². The Morgan fingerprint density at radius 2 is 2.09 bits per heavy atom.